The molecule has 2 saturated heterocycles. The fraction of sp³-hybridized carbons (Fsp3) is 0.917. The number of likely N-dealkylation sites (tertiary alicyclic amines) is 2. The highest BCUT2D eigenvalue weighted by Crippen LogP contribution is 2.26. The molecular formula is C24H46N2O6. The molecule has 2 aliphatic heterocycles. The molecule has 8 nitrogen and oxygen atoms in total. The molecule has 4 atom stereocenters. The van der Waals surface area contributed by atoms with Gasteiger partial charge in [-0.3, -0.25) is 0 Å². The lowest BCUT2D eigenvalue weighted by Gasteiger charge is -2.39. The first-order valence-corrected chi connectivity index (χ1v) is 11.9. The summed E-state index contributed by atoms with van der Waals surface area (Å²) >= 11 is 0. The van der Waals surface area contributed by atoms with Crippen LogP contribution in [-0.2, 0) is 9.47 Å². The Hall–Kier alpha value is -1.54. The Morgan fingerprint density at radius 2 is 1.06 bits per heavy atom. The van der Waals surface area contributed by atoms with Crippen LogP contribution in [0.2, 0.25) is 0 Å². The van der Waals surface area contributed by atoms with Gasteiger partial charge in [-0.05, 0) is 81.1 Å². The first kappa shape index (κ1) is 28.5. The first-order chi connectivity index (χ1) is 14.7. The van der Waals surface area contributed by atoms with Crippen molar-refractivity contribution in [2.45, 2.75) is 104 Å². The van der Waals surface area contributed by atoms with Crippen molar-refractivity contribution < 1.29 is 29.3 Å². The Morgan fingerprint density at radius 3 is 1.31 bits per heavy atom. The zero-order chi connectivity index (χ0) is 24.7. The summed E-state index contributed by atoms with van der Waals surface area (Å²) in [5, 5.41) is 18.4. The van der Waals surface area contributed by atoms with Gasteiger partial charge in [-0.2, -0.15) is 0 Å². The molecule has 0 aromatic carbocycles. The molecule has 2 aliphatic rings. The number of piperidine rings is 2. The lowest BCUT2D eigenvalue weighted by molar-refractivity contribution is -0.00392. The van der Waals surface area contributed by atoms with Gasteiger partial charge in [-0.15, -0.1) is 0 Å². The number of carbonyl (C=O) groups is 2. The van der Waals surface area contributed by atoms with Crippen LogP contribution in [0.4, 0.5) is 9.59 Å². The topological polar surface area (TPSA) is 99.5 Å². The highest BCUT2D eigenvalue weighted by molar-refractivity contribution is 5.69. The minimum Gasteiger partial charge on any atom is -0.444 e. The van der Waals surface area contributed by atoms with Gasteiger partial charge in [-0.25, -0.2) is 9.59 Å². The van der Waals surface area contributed by atoms with Crippen LogP contribution in [0, 0.1) is 11.8 Å². The normalized spacial score (nSPS) is 26.7. The summed E-state index contributed by atoms with van der Waals surface area (Å²) in [4.78, 5) is 27.3. The maximum atomic E-state index is 11.9. The molecule has 2 N–H and O–H groups in total. The number of hydrogen-bond acceptors (Lipinski definition) is 6. The fourth-order valence-corrected chi connectivity index (χ4v) is 4.09. The molecule has 0 bridgehead atoms. The molecule has 0 saturated carbocycles. The van der Waals surface area contributed by atoms with Crippen LogP contribution in [-0.4, -0.2) is 81.8 Å². The molecule has 0 radical (unpaired) electrons. The first-order valence-electron chi connectivity index (χ1n) is 11.9. The Labute approximate surface area is 194 Å². The van der Waals surface area contributed by atoms with E-state index >= 15 is 0 Å². The lowest BCUT2D eigenvalue weighted by atomic mass is 9.91. The molecule has 8 heteroatoms. The molecular weight excluding hydrogens is 412 g/mol. The summed E-state index contributed by atoms with van der Waals surface area (Å²) in [5.74, 6) is 0.363. The summed E-state index contributed by atoms with van der Waals surface area (Å²) in [7, 11) is 0. The fourth-order valence-electron chi connectivity index (χ4n) is 4.09. The molecule has 0 aromatic rings. The molecule has 2 amide bonds. The zero-order valence-corrected chi connectivity index (χ0v) is 21.4. The van der Waals surface area contributed by atoms with Crippen molar-refractivity contribution in [3.8, 4) is 0 Å². The highest BCUT2D eigenvalue weighted by Gasteiger charge is 2.34. The van der Waals surface area contributed by atoms with E-state index in [9.17, 15) is 19.8 Å². The zero-order valence-electron chi connectivity index (χ0n) is 21.4. The van der Waals surface area contributed by atoms with Crippen molar-refractivity contribution >= 4 is 12.2 Å². The SMILES string of the molecule is C[C@@H]1[C@@H](CO)CCCN1C(=O)OC(C)(C)C.C[C@H]1[C@H](CO)CCCN1C(=O)OC(C)(C)C. The molecule has 2 rings (SSSR count). The van der Waals surface area contributed by atoms with E-state index in [0.29, 0.717) is 0 Å². The maximum absolute atomic E-state index is 11.9. The van der Waals surface area contributed by atoms with Gasteiger partial charge >= 0.3 is 12.2 Å². The van der Waals surface area contributed by atoms with Gasteiger partial charge in [0.25, 0.3) is 0 Å². The van der Waals surface area contributed by atoms with Crippen LogP contribution in [0.3, 0.4) is 0 Å². The smallest absolute Gasteiger partial charge is 0.410 e. The molecule has 0 aromatic heterocycles. The number of hydrogen-bond donors (Lipinski definition) is 2. The van der Waals surface area contributed by atoms with Crippen molar-refractivity contribution in [3.05, 3.63) is 0 Å². The summed E-state index contributed by atoms with van der Waals surface area (Å²) in [6.45, 7) is 16.9. The number of amides is 2. The predicted molar refractivity (Wildman–Crippen MR) is 124 cm³/mol. The second-order valence-electron chi connectivity index (χ2n) is 11.0. The molecule has 32 heavy (non-hydrogen) atoms. The number of nitrogens with zero attached hydrogens (tertiary/aromatic N) is 2. The second kappa shape index (κ2) is 12.1. The van der Waals surface area contributed by atoms with Crippen molar-refractivity contribution in [1.82, 2.24) is 9.80 Å². The number of rotatable bonds is 2. The van der Waals surface area contributed by atoms with Gasteiger partial charge in [0.15, 0.2) is 0 Å². The number of carbonyl (C=O) groups excluding carboxylic acids is 2. The monoisotopic (exact) mass is 458 g/mol. The van der Waals surface area contributed by atoms with Crippen molar-refractivity contribution in [3.63, 3.8) is 0 Å². The van der Waals surface area contributed by atoms with Gasteiger partial charge < -0.3 is 29.5 Å². The van der Waals surface area contributed by atoms with E-state index in [1.807, 2.05) is 55.4 Å². The molecule has 2 heterocycles. The molecule has 0 aliphatic carbocycles. The van der Waals surface area contributed by atoms with Gasteiger partial charge in [0.1, 0.15) is 11.2 Å². The number of aliphatic hydroxyl groups excluding tert-OH is 2. The average Bonchev–Trinajstić information content (AvgIpc) is 2.66. The molecule has 188 valence electrons. The van der Waals surface area contributed by atoms with Gasteiger partial charge in [0.2, 0.25) is 0 Å². The van der Waals surface area contributed by atoms with Crippen LogP contribution in [0.5, 0.6) is 0 Å². The van der Waals surface area contributed by atoms with Crippen LogP contribution in [0.1, 0.15) is 81.1 Å². The van der Waals surface area contributed by atoms with E-state index in [0.717, 1.165) is 38.8 Å². The summed E-state index contributed by atoms with van der Waals surface area (Å²) in [5.41, 5.74) is -0.911. The van der Waals surface area contributed by atoms with Crippen LogP contribution < -0.4 is 0 Å². The highest BCUT2D eigenvalue weighted by atomic mass is 16.6. The number of ether oxygens (including phenoxy) is 2. The van der Waals surface area contributed by atoms with Crippen molar-refractivity contribution in [1.29, 1.82) is 0 Å². The predicted octanol–water partition coefficient (Wildman–Crippen LogP) is 4.03. The third kappa shape index (κ3) is 9.14. The van der Waals surface area contributed by atoms with E-state index in [4.69, 9.17) is 9.47 Å². The maximum Gasteiger partial charge on any atom is 0.410 e. The summed E-state index contributed by atoms with van der Waals surface area (Å²) in [6, 6.07) is 0.127. The van der Waals surface area contributed by atoms with E-state index in [1.165, 1.54) is 0 Å². The Kier molecular flexibility index (Phi) is 10.7. The van der Waals surface area contributed by atoms with Crippen molar-refractivity contribution in [2.24, 2.45) is 11.8 Å². The van der Waals surface area contributed by atoms with Crippen LogP contribution in [0.25, 0.3) is 0 Å². The lowest BCUT2D eigenvalue weighted by Crippen LogP contribution is -2.49. The minimum atomic E-state index is -0.455. The van der Waals surface area contributed by atoms with Gasteiger partial charge in [-0.1, -0.05) is 0 Å². The van der Waals surface area contributed by atoms with E-state index in [2.05, 4.69) is 0 Å². The second-order valence-corrected chi connectivity index (χ2v) is 11.0. The van der Waals surface area contributed by atoms with E-state index in [-0.39, 0.29) is 49.3 Å². The third-order valence-electron chi connectivity index (χ3n) is 6.02. The Bertz CT molecular complexity index is 546. The third-order valence-corrected chi connectivity index (χ3v) is 6.02. The minimum absolute atomic E-state index is 0.0635. The van der Waals surface area contributed by atoms with E-state index < -0.39 is 11.2 Å². The van der Waals surface area contributed by atoms with E-state index in [1.54, 1.807) is 9.80 Å². The number of aliphatic hydroxyl groups is 2. The molecule has 0 spiro atoms. The Morgan fingerprint density at radius 1 is 0.750 bits per heavy atom. The quantitative estimate of drug-likeness (QED) is 0.648. The van der Waals surface area contributed by atoms with Crippen LogP contribution in [0.15, 0.2) is 0 Å². The Balaban J connectivity index is 0.000000320. The molecule has 2 fully saturated rings. The largest absolute Gasteiger partial charge is 0.444 e. The average molecular weight is 459 g/mol. The van der Waals surface area contributed by atoms with Gasteiger partial charge in [0, 0.05) is 50.2 Å². The molecule has 0 unspecified atom stereocenters. The van der Waals surface area contributed by atoms with Gasteiger partial charge in [0.05, 0.1) is 0 Å². The van der Waals surface area contributed by atoms with Crippen molar-refractivity contribution in [2.75, 3.05) is 26.3 Å². The summed E-state index contributed by atoms with van der Waals surface area (Å²) < 4.78 is 10.7. The van der Waals surface area contributed by atoms with Crippen LogP contribution >= 0.6 is 0 Å². The summed E-state index contributed by atoms with van der Waals surface area (Å²) in [6.07, 6.45) is 3.31. The standard InChI is InChI=1S/2C12H23NO3/c2*1-9-10(8-14)6-5-7-13(9)11(15)16-12(2,3)4/h2*9-10,14H,5-8H2,1-4H3/t2*9-,10-/m10/s1.